The Kier molecular flexibility index (Phi) is 6.75. The first kappa shape index (κ1) is 19.9. The number of pyridine rings is 1. The first-order valence-electron chi connectivity index (χ1n) is 8.51. The van der Waals surface area contributed by atoms with Crippen LogP contribution in [0.25, 0.3) is 0 Å². The monoisotopic (exact) mass is 373 g/mol. The van der Waals surface area contributed by atoms with Crippen LogP contribution in [-0.4, -0.2) is 23.3 Å². The zero-order valence-corrected chi connectivity index (χ0v) is 16.1. The van der Waals surface area contributed by atoms with Crippen LogP contribution in [0, 0.1) is 5.41 Å². The highest BCUT2D eigenvalue weighted by Gasteiger charge is 2.22. The third-order valence-corrected chi connectivity index (χ3v) is 4.04. The number of carbonyl (C=O) groups excluding carboxylic acids is 2. The van der Waals surface area contributed by atoms with Gasteiger partial charge in [-0.3, -0.25) is 14.6 Å². The summed E-state index contributed by atoms with van der Waals surface area (Å²) < 4.78 is 0. The molecule has 2 aromatic rings. The molecular weight excluding hydrogens is 350 g/mol. The summed E-state index contributed by atoms with van der Waals surface area (Å²) in [5, 5.41) is 3.42. The Morgan fingerprint density at radius 1 is 1.12 bits per heavy atom. The Balaban J connectivity index is 2.08. The first-order valence-corrected chi connectivity index (χ1v) is 8.89. The van der Waals surface area contributed by atoms with Crippen molar-refractivity contribution in [1.82, 2.24) is 10.3 Å². The SMILES string of the molecule is CC(C)(C)C(=O)NCCC(=O)N(Cc1ccccn1)c1ccc(Cl)cc1. The summed E-state index contributed by atoms with van der Waals surface area (Å²) in [6.07, 6.45) is 1.90. The minimum atomic E-state index is -0.479. The molecule has 0 spiro atoms. The van der Waals surface area contributed by atoms with Crippen LogP contribution in [0.1, 0.15) is 32.9 Å². The molecule has 6 heteroatoms. The Morgan fingerprint density at radius 3 is 2.38 bits per heavy atom. The maximum atomic E-state index is 12.8. The maximum absolute atomic E-state index is 12.8. The van der Waals surface area contributed by atoms with Crippen molar-refractivity contribution in [2.45, 2.75) is 33.7 Å². The third-order valence-electron chi connectivity index (χ3n) is 3.79. The summed E-state index contributed by atoms with van der Waals surface area (Å²) in [5.74, 6) is -0.166. The largest absolute Gasteiger partial charge is 0.355 e. The van der Waals surface area contributed by atoms with Gasteiger partial charge in [-0.15, -0.1) is 0 Å². The highest BCUT2D eigenvalue weighted by Crippen LogP contribution is 2.21. The Morgan fingerprint density at radius 2 is 1.81 bits per heavy atom. The minimum Gasteiger partial charge on any atom is -0.355 e. The van der Waals surface area contributed by atoms with E-state index in [4.69, 9.17) is 11.6 Å². The van der Waals surface area contributed by atoms with Crippen molar-refractivity contribution in [1.29, 1.82) is 0 Å². The van der Waals surface area contributed by atoms with E-state index in [2.05, 4.69) is 10.3 Å². The number of halogens is 1. The number of hydrogen-bond acceptors (Lipinski definition) is 3. The molecule has 138 valence electrons. The number of hydrogen-bond donors (Lipinski definition) is 1. The van der Waals surface area contributed by atoms with E-state index >= 15 is 0 Å². The fourth-order valence-corrected chi connectivity index (χ4v) is 2.41. The summed E-state index contributed by atoms with van der Waals surface area (Å²) in [5.41, 5.74) is 1.05. The van der Waals surface area contributed by atoms with Crippen molar-refractivity contribution in [3.8, 4) is 0 Å². The third kappa shape index (κ3) is 5.85. The summed E-state index contributed by atoms with van der Waals surface area (Å²) >= 11 is 5.95. The van der Waals surface area contributed by atoms with E-state index in [0.29, 0.717) is 18.1 Å². The van der Waals surface area contributed by atoms with Gasteiger partial charge in [-0.25, -0.2) is 0 Å². The molecule has 5 nitrogen and oxygen atoms in total. The maximum Gasteiger partial charge on any atom is 0.229 e. The molecule has 0 unspecified atom stereocenters. The number of nitrogens with zero attached hydrogens (tertiary/aromatic N) is 2. The molecule has 1 N–H and O–H groups in total. The van der Waals surface area contributed by atoms with E-state index in [1.165, 1.54) is 0 Å². The van der Waals surface area contributed by atoms with Gasteiger partial charge >= 0.3 is 0 Å². The van der Waals surface area contributed by atoms with Gasteiger partial charge in [0.15, 0.2) is 0 Å². The van der Waals surface area contributed by atoms with E-state index < -0.39 is 5.41 Å². The lowest BCUT2D eigenvalue weighted by Gasteiger charge is -2.23. The molecule has 2 amide bonds. The standard InChI is InChI=1S/C20H24ClN3O2/c1-20(2,3)19(26)23-13-11-18(25)24(14-16-6-4-5-12-22-16)17-9-7-15(21)8-10-17/h4-10,12H,11,13-14H2,1-3H3,(H,23,26). The van der Waals surface area contributed by atoms with E-state index in [1.807, 2.05) is 39.0 Å². The molecule has 0 aliphatic carbocycles. The molecule has 0 fully saturated rings. The number of anilines is 1. The van der Waals surface area contributed by atoms with Crippen molar-refractivity contribution >= 4 is 29.1 Å². The molecule has 1 aromatic carbocycles. The molecule has 0 aliphatic heterocycles. The molecule has 0 aliphatic rings. The van der Waals surface area contributed by atoms with Crippen molar-refractivity contribution < 1.29 is 9.59 Å². The number of aromatic nitrogens is 1. The quantitative estimate of drug-likeness (QED) is 0.837. The van der Waals surface area contributed by atoms with Gasteiger partial charge in [0.1, 0.15) is 0 Å². The van der Waals surface area contributed by atoms with Gasteiger partial charge in [-0.2, -0.15) is 0 Å². The molecule has 0 atom stereocenters. The van der Waals surface area contributed by atoms with Crippen LogP contribution in [0.4, 0.5) is 5.69 Å². The molecule has 0 saturated carbocycles. The molecule has 0 radical (unpaired) electrons. The van der Waals surface area contributed by atoms with E-state index in [9.17, 15) is 9.59 Å². The summed E-state index contributed by atoms with van der Waals surface area (Å²) in [6.45, 7) is 6.16. The lowest BCUT2D eigenvalue weighted by molar-refractivity contribution is -0.128. The normalized spacial score (nSPS) is 11.1. The van der Waals surface area contributed by atoms with E-state index in [1.54, 1.807) is 35.4 Å². The predicted molar refractivity (Wildman–Crippen MR) is 104 cm³/mol. The van der Waals surface area contributed by atoms with E-state index in [-0.39, 0.29) is 18.2 Å². The Labute approximate surface area is 159 Å². The van der Waals surface area contributed by atoms with Crippen molar-refractivity contribution in [3.63, 3.8) is 0 Å². The molecule has 2 rings (SSSR count). The van der Waals surface area contributed by atoms with Crippen LogP contribution in [0.2, 0.25) is 5.02 Å². The number of nitrogens with one attached hydrogen (secondary N) is 1. The average Bonchev–Trinajstić information content (AvgIpc) is 2.60. The van der Waals surface area contributed by atoms with Crippen LogP contribution in [0.15, 0.2) is 48.7 Å². The predicted octanol–water partition coefficient (Wildman–Crippen LogP) is 3.82. The van der Waals surface area contributed by atoms with Gasteiger partial charge < -0.3 is 10.2 Å². The van der Waals surface area contributed by atoms with Gasteiger partial charge in [0, 0.05) is 35.3 Å². The summed E-state index contributed by atoms with van der Waals surface area (Å²) in [4.78, 5) is 30.7. The second-order valence-electron chi connectivity index (χ2n) is 7.03. The van der Waals surface area contributed by atoms with Gasteiger partial charge in [0.2, 0.25) is 11.8 Å². The lowest BCUT2D eigenvalue weighted by atomic mass is 9.96. The van der Waals surface area contributed by atoms with Crippen LogP contribution in [0.3, 0.4) is 0 Å². The highest BCUT2D eigenvalue weighted by molar-refractivity contribution is 6.30. The van der Waals surface area contributed by atoms with Crippen LogP contribution in [0.5, 0.6) is 0 Å². The zero-order valence-electron chi connectivity index (χ0n) is 15.3. The van der Waals surface area contributed by atoms with Crippen molar-refractivity contribution in [3.05, 3.63) is 59.4 Å². The van der Waals surface area contributed by atoms with Crippen LogP contribution >= 0.6 is 11.6 Å². The van der Waals surface area contributed by atoms with Gasteiger partial charge in [-0.1, -0.05) is 38.4 Å². The Hall–Kier alpha value is -2.40. The van der Waals surface area contributed by atoms with Crippen LogP contribution < -0.4 is 10.2 Å². The van der Waals surface area contributed by atoms with Crippen molar-refractivity contribution in [2.24, 2.45) is 5.41 Å². The summed E-state index contributed by atoms with van der Waals surface area (Å²) in [6, 6.07) is 12.7. The smallest absolute Gasteiger partial charge is 0.229 e. The van der Waals surface area contributed by atoms with Crippen molar-refractivity contribution in [2.75, 3.05) is 11.4 Å². The zero-order chi connectivity index (χ0) is 19.2. The number of rotatable bonds is 6. The average molecular weight is 374 g/mol. The second kappa shape index (κ2) is 8.81. The number of benzene rings is 1. The van der Waals surface area contributed by atoms with Gasteiger partial charge in [-0.05, 0) is 36.4 Å². The topological polar surface area (TPSA) is 62.3 Å². The molecule has 1 heterocycles. The lowest BCUT2D eigenvalue weighted by Crippen LogP contribution is -2.38. The summed E-state index contributed by atoms with van der Waals surface area (Å²) in [7, 11) is 0. The fraction of sp³-hybridized carbons (Fsp3) is 0.350. The molecule has 0 saturated heterocycles. The number of carbonyl (C=O) groups is 2. The molecular formula is C20H24ClN3O2. The van der Waals surface area contributed by atoms with Crippen LogP contribution in [-0.2, 0) is 16.1 Å². The van der Waals surface area contributed by atoms with Gasteiger partial charge in [0.05, 0.1) is 12.2 Å². The molecule has 26 heavy (non-hydrogen) atoms. The molecule has 1 aromatic heterocycles. The first-order chi connectivity index (χ1) is 12.3. The minimum absolute atomic E-state index is 0.0759. The fourth-order valence-electron chi connectivity index (χ4n) is 2.28. The number of amides is 2. The Bertz CT molecular complexity index is 740. The second-order valence-corrected chi connectivity index (χ2v) is 7.47. The van der Waals surface area contributed by atoms with E-state index in [0.717, 1.165) is 11.4 Å². The van der Waals surface area contributed by atoms with Gasteiger partial charge in [0.25, 0.3) is 0 Å². The highest BCUT2D eigenvalue weighted by atomic mass is 35.5. The molecule has 0 bridgehead atoms.